The normalized spacial score (nSPS) is 13.1. The van der Waals surface area contributed by atoms with Crippen LogP contribution in [-0.4, -0.2) is 143 Å². The second kappa shape index (κ2) is 29.3. The Labute approximate surface area is 565 Å². The summed E-state index contributed by atoms with van der Waals surface area (Å²) < 4.78 is 68.8. The van der Waals surface area contributed by atoms with Gasteiger partial charge in [-0.25, -0.2) is 28.5 Å². The van der Waals surface area contributed by atoms with Gasteiger partial charge in [-0.1, -0.05) is 18.2 Å². The second-order valence-electron chi connectivity index (χ2n) is 22.4. The number of aromatic nitrogens is 18. The molecule has 34 heteroatoms. The third-order valence-corrected chi connectivity index (χ3v) is 15.4. The first kappa shape index (κ1) is 69.5. The molecule has 15 rings (SSSR count). The molecule has 98 heavy (non-hydrogen) atoms. The molecule has 0 aliphatic carbocycles. The lowest BCUT2D eigenvalue weighted by Gasteiger charge is -2.10. The van der Waals surface area contributed by atoms with Gasteiger partial charge in [-0.15, -0.1) is 12.4 Å². The molecule has 0 bridgehead atoms. The van der Waals surface area contributed by atoms with Crippen molar-refractivity contribution in [3.63, 3.8) is 0 Å². The van der Waals surface area contributed by atoms with Crippen LogP contribution in [0, 0.1) is 20.8 Å². The molecule has 0 radical (unpaired) electrons. The Hall–Kier alpha value is -11.4. The molecule has 0 saturated heterocycles. The monoisotopic (exact) mass is 1390 g/mol. The molecular formula is C64H64ClN21O10S2. The van der Waals surface area contributed by atoms with Crippen molar-refractivity contribution >= 4 is 85.8 Å². The minimum absolute atomic E-state index is 0. The highest BCUT2D eigenvalue weighted by Crippen LogP contribution is 2.42. The van der Waals surface area contributed by atoms with E-state index in [2.05, 4.69) is 44.3 Å². The van der Waals surface area contributed by atoms with Gasteiger partial charge >= 0.3 is 10.4 Å². The van der Waals surface area contributed by atoms with E-state index in [1.807, 2.05) is 112 Å². The summed E-state index contributed by atoms with van der Waals surface area (Å²) in [5.74, 6) is -1.56. The number of rotatable bonds is 12. The van der Waals surface area contributed by atoms with E-state index < -0.39 is 38.2 Å². The quantitative estimate of drug-likeness (QED) is 0.0561. The Morgan fingerprint density at radius 1 is 0.449 bits per heavy atom. The van der Waals surface area contributed by atoms with Crippen molar-refractivity contribution in [2.75, 3.05) is 6.26 Å². The van der Waals surface area contributed by atoms with Crippen LogP contribution in [0.4, 0.5) is 0 Å². The molecule has 31 nitrogen and oxygen atoms in total. The molecule has 12 aromatic heterocycles. The minimum atomic E-state index is -4.67. The standard InChI is InChI=1S/3C21H19N7O.CH4O3S.ClH.H2O4S/c3*1-13-4-2-5-15(25-13)21-20(17-6-3-11-27(17)26-21)14-7-10-19-23-12-24-28(19)16(14)8-9-18(22)29;1-5(2,3)4;;1-5(2,3)4/h3*2,4-5,7-10,12H,3,6,11H2,1H3,(H2,22,29);1H3,(H,2,3,4);1H;(H2,1,2,3,4)/b3*9-8+;;;. The summed E-state index contributed by atoms with van der Waals surface area (Å²) in [4.78, 5) is 61.1. The lowest BCUT2D eigenvalue weighted by Crippen LogP contribution is -2.06. The number of carbonyl (C=O) groups excluding carboxylic acids is 3. The fourth-order valence-corrected chi connectivity index (χ4v) is 11.7. The maximum atomic E-state index is 11.4. The van der Waals surface area contributed by atoms with Gasteiger partial charge in [0.1, 0.15) is 36.1 Å². The highest BCUT2D eigenvalue weighted by molar-refractivity contribution is 7.85. The average Bonchev–Trinajstić information content (AvgIpc) is 1.64. The number of nitrogens with zero attached hydrogens (tertiary/aromatic N) is 18. The predicted octanol–water partition coefficient (Wildman–Crippen LogP) is 6.50. The molecule has 0 unspecified atom stereocenters. The molecule has 0 spiro atoms. The zero-order valence-corrected chi connectivity index (χ0v) is 55.4. The van der Waals surface area contributed by atoms with Crippen LogP contribution in [0.1, 0.15) is 70.5 Å². The molecule has 0 saturated carbocycles. The Morgan fingerprint density at radius 3 is 0.959 bits per heavy atom. The van der Waals surface area contributed by atoms with Gasteiger partial charge in [-0.3, -0.25) is 57.0 Å². The number of amides is 3. The second-order valence-corrected chi connectivity index (χ2v) is 24.7. The Kier molecular flexibility index (Phi) is 20.8. The van der Waals surface area contributed by atoms with Crippen molar-refractivity contribution in [1.82, 2.24) is 88.1 Å². The molecule has 504 valence electrons. The number of pyridine rings is 6. The van der Waals surface area contributed by atoms with E-state index in [4.69, 9.17) is 69.5 Å². The van der Waals surface area contributed by atoms with Crippen molar-refractivity contribution < 1.29 is 44.9 Å². The van der Waals surface area contributed by atoms with Crippen molar-refractivity contribution in [2.45, 2.75) is 78.9 Å². The van der Waals surface area contributed by atoms with Crippen LogP contribution in [0.2, 0.25) is 0 Å². The van der Waals surface area contributed by atoms with Crippen LogP contribution in [0.25, 0.3) is 103 Å². The number of fused-ring (bicyclic) bond motifs is 6. The number of hydrogen-bond acceptors (Lipinski definition) is 19. The first-order chi connectivity index (χ1) is 46.3. The number of halogens is 1. The third kappa shape index (κ3) is 16.0. The largest absolute Gasteiger partial charge is 0.394 e. The maximum Gasteiger partial charge on any atom is 0.394 e. The smallest absolute Gasteiger partial charge is 0.366 e. The molecule has 12 aromatic rings. The lowest BCUT2D eigenvalue weighted by molar-refractivity contribution is -0.114. The minimum Gasteiger partial charge on any atom is -0.366 e. The fourth-order valence-electron chi connectivity index (χ4n) is 11.7. The SMILES string of the molecule is CS(=O)(=O)O.Cc1cccc(-c2nn3c(c2-c2ccc4ncnn4c2/C=C/C(N)=O)CCC3)n1.Cc1cccc(-c2nn3c(c2-c2ccc4ncnn4c2/C=C/C(N)=O)CCC3)n1.Cc1cccc(-c2nn3c(c2-c2ccc4ncnn4c2/C=C/C(N)=O)CCC3)n1.Cl.O=S(=O)(O)O. The summed E-state index contributed by atoms with van der Waals surface area (Å²) in [6.45, 7) is 8.55. The Balaban J connectivity index is 0.000000148. The molecule has 15 heterocycles. The van der Waals surface area contributed by atoms with Crippen LogP contribution >= 0.6 is 12.4 Å². The van der Waals surface area contributed by atoms with E-state index in [0.717, 1.165) is 177 Å². The van der Waals surface area contributed by atoms with Crippen molar-refractivity contribution in [3.8, 4) is 67.5 Å². The van der Waals surface area contributed by atoms with Gasteiger partial charge in [0.15, 0.2) is 16.9 Å². The number of carbonyl (C=O) groups is 3. The highest BCUT2D eigenvalue weighted by atomic mass is 35.5. The van der Waals surface area contributed by atoms with E-state index in [1.165, 1.54) is 37.2 Å². The molecule has 9 N–H and O–H groups in total. The van der Waals surface area contributed by atoms with E-state index >= 15 is 0 Å². The fraction of sp³-hybridized carbons (Fsp3) is 0.203. The summed E-state index contributed by atoms with van der Waals surface area (Å²) in [7, 11) is -8.33. The molecular weight excluding hydrogens is 1320 g/mol. The highest BCUT2D eigenvalue weighted by Gasteiger charge is 2.30. The summed E-state index contributed by atoms with van der Waals surface area (Å²) in [5, 5.41) is 27.6. The van der Waals surface area contributed by atoms with E-state index in [0.29, 0.717) is 23.2 Å². The van der Waals surface area contributed by atoms with E-state index in [1.54, 1.807) is 31.8 Å². The number of nitrogens with two attached hydrogens (primary N) is 3. The van der Waals surface area contributed by atoms with Crippen LogP contribution in [0.3, 0.4) is 0 Å². The zero-order chi connectivity index (χ0) is 68.9. The van der Waals surface area contributed by atoms with E-state index in [-0.39, 0.29) is 12.4 Å². The lowest BCUT2D eigenvalue weighted by atomic mass is 9.98. The Morgan fingerprint density at radius 2 is 0.714 bits per heavy atom. The predicted molar refractivity (Wildman–Crippen MR) is 365 cm³/mol. The van der Waals surface area contributed by atoms with Crippen LogP contribution in [0.15, 0.2) is 128 Å². The van der Waals surface area contributed by atoms with Gasteiger partial charge in [0.25, 0.3) is 10.1 Å². The summed E-state index contributed by atoms with van der Waals surface area (Å²) in [6.07, 6.45) is 20.2. The molecule has 0 aromatic carbocycles. The molecule has 3 aliphatic rings. The Bertz CT molecular complexity index is 4860. The summed E-state index contributed by atoms with van der Waals surface area (Å²) >= 11 is 0. The molecule has 0 fully saturated rings. The number of primary amides is 3. The van der Waals surface area contributed by atoms with Gasteiger partial charge in [0.2, 0.25) is 17.7 Å². The topological polar surface area (TPSA) is 441 Å². The van der Waals surface area contributed by atoms with Gasteiger partial charge in [-0.05, 0) is 150 Å². The first-order valence-electron chi connectivity index (χ1n) is 30.0. The molecule has 0 atom stereocenters. The first-order valence-corrected chi connectivity index (χ1v) is 33.2. The van der Waals surface area contributed by atoms with Gasteiger partial charge in [0.05, 0.1) is 40.4 Å². The van der Waals surface area contributed by atoms with Crippen LogP contribution in [-0.2, 0) is 73.8 Å². The average molecular weight is 1390 g/mol. The van der Waals surface area contributed by atoms with Crippen molar-refractivity contribution in [3.05, 3.63) is 179 Å². The van der Waals surface area contributed by atoms with Crippen molar-refractivity contribution in [1.29, 1.82) is 0 Å². The number of hydrogen-bond donors (Lipinski definition) is 6. The molecule has 3 aliphatic heterocycles. The molecule has 3 amide bonds. The van der Waals surface area contributed by atoms with Gasteiger partial charge in [-0.2, -0.15) is 47.4 Å². The van der Waals surface area contributed by atoms with E-state index in [9.17, 15) is 22.8 Å². The summed E-state index contributed by atoms with van der Waals surface area (Å²) in [6, 6.07) is 29.5. The van der Waals surface area contributed by atoms with Crippen LogP contribution < -0.4 is 17.2 Å². The van der Waals surface area contributed by atoms with Crippen LogP contribution in [0.5, 0.6) is 0 Å². The van der Waals surface area contributed by atoms with Gasteiger partial charge in [0, 0.05) is 105 Å². The maximum absolute atomic E-state index is 11.4. The zero-order valence-electron chi connectivity index (χ0n) is 52.9. The van der Waals surface area contributed by atoms with Crippen molar-refractivity contribution in [2.24, 2.45) is 17.2 Å². The van der Waals surface area contributed by atoms with Gasteiger partial charge < -0.3 is 17.2 Å². The number of aryl methyl sites for hydroxylation is 6. The third-order valence-electron chi connectivity index (χ3n) is 15.4. The summed E-state index contributed by atoms with van der Waals surface area (Å²) in [5.41, 5.74) is 37.4.